The van der Waals surface area contributed by atoms with Gasteiger partial charge in [0.15, 0.2) is 0 Å². The molecule has 2 unspecified atom stereocenters. The predicted molar refractivity (Wildman–Crippen MR) is 231 cm³/mol. The summed E-state index contributed by atoms with van der Waals surface area (Å²) in [6.07, 6.45) is 12.3. The summed E-state index contributed by atoms with van der Waals surface area (Å²) in [5.74, 6) is -0.800. The van der Waals surface area contributed by atoms with Crippen molar-refractivity contribution in [3.8, 4) is 6.07 Å². The van der Waals surface area contributed by atoms with Gasteiger partial charge in [0.25, 0.3) is 11.8 Å². The third kappa shape index (κ3) is 9.18. The smallest absolute Gasteiger partial charge is 0.264 e. The van der Waals surface area contributed by atoms with Crippen LogP contribution in [0.5, 0.6) is 0 Å². The van der Waals surface area contributed by atoms with Crippen molar-refractivity contribution in [1.29, 1.82) is 5.26 Å². The highest BCUT2D eigenvalue weighted by Gasteiger charge is 2.45. The number of H-pyrrole nitrogens is 1. The third-order valence-corrected chi connectivity index (χ3v) is 12.3. The number of benzene rings is 2. The number of nitrogens with two attached hydrogens (primary N) is 1. The molecule has 16 nitrogen and oxygen atoms in total. The van der Waals surface area contributed by atoms with E-state index in [2.05, 4.69) is 56.2 Å². The maximum Gasteiger partial charge on any atom is 0.264 e. The fraction of sp³-hybridized carbons (Fsp3) is 0.422. The summed E-state index contributed by atoms with van der Waals surface area (Å²) >= 11 is 0. The van der Waals surface area contributed by atoms with Gasteiger partial charge in [-0.15, -0.1) is 0 Å². The van der Waals surface area contributed by atoms with Gasteiger partial charge in [0.05, 0.1) is 48.6 Å². The molecule has 5 heterocycles. The van der Waals surface area contributed by atoms with Crippen LogP contribution in [0.3, 0.4) is 0 Å². The molecule has 3 fully saturated rings. The number of fused-ring (bicyclic) bond motifs is 2. The molecular formula is C45H51N11O5. The summed E-state index contributed by atoms with van der Waals surface area (Å²) < 4.78 is 5.94. The first-order chi connectivity index (χ1) is 29.8. The zero-order chi connectivity index (χ0) is 42.3. The number of piperidine rings is 2. The molecule has 2 saturated heterocycles. The highest BCUT2D eigenvalue weighted by atomic mass is 16.5. The lowest BCUT2D eigenvalue weighted by Gasteiger charge is -2.32. The number of imide groups is 2. The van der Waals surface area contributed by atoms with Crippen molar-refractivity contribution in [3.63, 3.8) is 0 Å². The number of nitrogens with zero attached hydrogens (tertiary/aromatic N) is 6. The van der Waals surface area contributed by atoms with E-state index in [1.807, 2.05) is 12.3 Å². The zero-order valence-electron chi connectivity index (χ0n) is 34.1. The van der Waals surface area contributed by atoms with Crippen LogP contribution in [-0.2, 0) is 14.3 Å². The number of likely N-dealkylation sites (tertiary alicyclic amines) is 1. The number of nitrogens with one attached hydrogen (secondary N) is 4. The van der Waals surface area contributed by atoms with E-state index in [1.54, 1.807) is 24.4 Å². The number of hydrogen-bond donors (Lipinski definition) is 5. The molecule has 61 heavy (non-hydrogen) atoms. The van der Waals surface area contributed by atoms with E-state index in [-0.39, 0.29) is 30.0 Å². The number of nitriles is 1. The lowest BCUT2D eigenvalue weighted by atomic mass is 9.89. The molecule has 4 aliphatic rings. The highest BCUT2D eigenvalue weighted by Crippen LogP contribution is 2.34. The number of hydrogen-bond acceptors (Lipinski definition) is 13. The molecular weight excluding hydrogens is 775 g/mol. The number of rotatable bonds is 16. The number of aromatic nitrogens is 3. The van der Waals surface area contributed by atoms with E-state index >= 15 is 0 Å². The minimum absolute atomic E-state index is 0.0540. The Bertz CT molecular complexity index is 2370. The van der Waals surface area contributed by atoms with Crippen LogP contribution >= 0.6 is 0 Å². The van der Waals surface area contributed by atoms with Gasteiger partial charge in [-0.1, -0.05) is 31.0 Å². The van der Waals surface area contributed by atoms with Crippen molar-refractivity contribution in [2.24, 2.45) is 16.6 Å². The Morgan fingerprint density at radius 2 is 1.80 bits per heavy atom. The Hall–Kier alpha value is -6.44. The lowest BCUT2D eigenvalue weighted by Crippen LogP contribution is -2.54. The molecule has 0 radical (unpaired) electrons. The zero-order valence-corrected chi connectivity index (χ0v) is 34.1. The summed E-state index contributed by atoms with van der Waals surface area (Å²) in [5.41, 5.74) is 11.3. The number of anilines is 3. The Balaban J connectivity index is 0.786. The standard InChI is InChI=1S/C45H51N11O5/c46-18-14-35(30-4-1-2-5-30)50-27-31(26-47)40-34-15-19-49-41(34)54-45(53-40)51-32-10-8-28(9-11-32)29-16-21-55(22-17-29)23-25-61-24-20-48-36-7-3-6-33-39(36)44(60)56(43(33)59)37-12-13-38(57)52-42(37)58/h3,6-11,15,19,26-27,29-30,35,37,48H,1-2,4-5,12-14,16-17,20-25,47H2,(H,52,57,58)(H2,49,51,53,54)/b31-26+,50-27?. The summed E-state index contributed by atoms with van der Waals surface area (Å²) in [4.78, 5) is 71.5. The molecule has 0 spiro atoms. The van der Waals surface area contributed by atoms with Crippen LogP contribution in [0, 0.1) is 17.2 Å². The minimum Gasteiger partial charge on any atom is -0.404 e. The van der Waals surface area contributed by atoms with E-state index in [1.165, 1.54) is 24.6 Å². The minimum atomic E-state index is -1.01. The van der Waals surface area contributed by atoms with E-state index in [0.717, 1.165) is 61.3 Å². The quantitative estimate of drug-likeness (QED) is 0.0555. The van der Waals surface area contributed by atoms with Crippen LogP contribution in [0.1, 0.15) is 95.7 Å². The van der Waals surface area contributed by atoms with Gasteiger partial charge in [0.2, 0.25) is 17.8 Å². The van der Waals surface area contributed by atoms with E-state index in [9.17, 15) is 24.4 Å². The summed E-state index contributed by atoms with van der Waals surface area (Å²) in [5, 5.41) is 19.1. The van der Waals surface area contributed by atoms with E-state index < -0.39 is 29.7 Å². The average Bonchev–Trinajstić information content (AvgIpc) is 4.04. The van der Waals surface area contributed by atoms with Crippen molar-refractivity contribution < 1.29 is 23.9 Å². The average molecular weight is 826 g/mol. The second-order valence-electron chi connectivity index (χ2n) is 16.1. The van der Waals surface area contributed by atoms with Crippen LogP contribution in [0.4, 0.5) is 17.3 Å². The number of aromatic amines is 1. The maximum absolute atomic E-state index is 13.3. The number of allylic oxidation sites excluding steroid dienone is 1. The van der Waals surface area contributed by atoms with Crippen molar-refractivity contribution in [2.75, 3.05) is 50.0 Å². The van der Waals surface area contributed by atoms with Gasteiger partial charge in [-0.25, -0.2) is 4.98 Å². The van der Waals surface area contributed by atoms with Gasteiger partial charge in [0, 0.05) is 60.5 Å². The topological polar surface area (TPSA) is 224 Å². The van der Waals surface area contributed by atoms with Crippen molar-refractivity contribution >= 4 is 63.8 Å². The second-order valence-corrected chi connectivity index (χ2v) is 16.1. The second kappa shape index (κ2) is 18.9. The predicted octanol–water partition coefficient (Wildman–Crippen LogP) is 5.25. The first-order valence-corrected chi connectivity index (χ1v) is 21.2. The van der Waals surface area contributed by atoms with E-state index in [4.69, 9.17) is 25.4 Å². The van der Waals surface area contributed by atoms with Crippen molar-refractivity contribution in [2.45, 2.75) is 75.8 Å². The lowest BCUT2D eigenvalue weighted by molar-refractivity contribution is -0.136. The monoisotopic (exact) mass is 825 g/mol. The molecule has 2 aromatic heterocycles. The van der Waals surface area contributed by atoms with Crippen LogP contribution in [-0.4, -0.2) is 106 Å². The summed E-state index contributed by atoms with van der Waals surface area (Å²) in [6.45, 7) is 4.15. The number of aliphatic imine (C=N–C) groups is 1. The summed E-state index contributed by atoms with van der Waals surface area (Å²) in [7, 11) is 0. The molecule has 8 rings (SSSR count). The van der Waals surface area contributed by atoms with Crippen molar-refractivity contribution in [1.82, 2.24) is 30.1 Å². The third-order valence-electron chi connectivity index (χ3n) is 12.3. The van der Waals surface area contributed by atoms with Gasteiger partial charge >= 0.3 is 0 Å². The van der Waals surface area contributed by atoms with Crippen LogP contribution in [0.2, 0.25) is 0 Å². The van der Waals surface area contributed by atoms with Crippen LogP contribution in [0.15, 0.2) is 65.9 Å². The van der Waals surface area contributed by atoms with Gasteiger partial charge < -0.3 is 31.0 Å². The van der Waals surface area contributed by atoms with Crippen molar-refractivity contribution in [3.05, 3.63) is 83.3 Å². The van der Waals surface area contributed by atoms with Crippen LogP contribution < -0.4 is 21.7 Å². The number of ether oxygens (including phenoxy) is 1. The molecule has 0 bridgehead atoms. The van der Waals surface area contributed by atoms with Gasteiger partial charge in [-0.05, 0) is 92.9 Å². The first-order valence-electron chi connectivity index (χ1n) is 21.2. The first kappa shape index (κ1) is 41.3. The molecule has 6 N–H and O–H groups in total. The number of carbonyl (C=O) groups is 4. The molecule has 2 aromatic carbocycles. The fourth-order valence-corrected chi connectivity index (χ4v) is 9.03. The Morgan fingerprint density at radius 1 is 1.00 bits per heavy atom. The number of carbonyl (C=O) groups excluding carboxylic acids is 4. The molecule has 1 saturated carbocycles. The molecule has 1 aliphatic carbocycles. The molecule has 2 atom stereocenters. The van der Waals surface area contributed by atoms with E-state index in [0.29, 0.717) is 66.6 Å². The molecule has 16 heteroatoms. The van der Waals surface area contributed by atoms with Gasteiger partial charge in [-0.3, -0.25) is 34.4 Å². The molecule has 316 valence electrons. The van der Waals surface area contributed by atoms with Gasteiger partial charge in [0.1, 0.15) is 11.7 Å². The number of amides is 4. The Morgan fingerprint density at radius 3 is 2.56 bits per heavy atom. The molecule has 4 aromatic rings. The fourth-order valence-electron chi connectivity index (χ4n) is 9.03. The molecule has 4 amide bonds. The van der Waals surface area contributed by atoms with Crippen LogP contribution in [0.25, 0.3) is 16.6 Å². The molecule has 3 aliphatic heterocycles. The van der Waals surface area contributed by atoms with Gasteiger partial charge in [-0.2, -0.15) is 10.2 Å². The SMILES string of the molecule is N#CCC(N=C/C(=C\N)c1nc(Nc2ccc(C3CCN(CCOCCNc4cccc5c4C(=O)N(C4CCC(=O)NC4=O)C5=O)CC3)cc2)nc2[nH]ccc12)C1CCCC1. The Labute approximate surface area is 354 Å². The summed E-state index contributed by atoms with van der Waals surface area (Å²) in [6, 6.07) is 16.7. The maximum atomic E-state index is 13.3. The normalized spacial score (nSPS) is 19.8. The largest absolute Gasteiger partial charge is 0.404 e. The Kier molecular flexibility index (Phi) is 12.8. The highest BCUT2D eigenvalue weighted by molar-refractivity contribution is 6.25.